The van der Waals surface area contributed by atoms with E-state index in [9.17, 15) is 0 Å². The van der Waals surface area contributed by atoms with Gasteiger partial charge in [0.05, 0.1) is 10.8 Å². The van der Waals surface area contributed by atoms with Gasteiger partial charge in [-0.3, -0.25) is 0 Å². The van der Waals surface area contributed by atoms with Crippen LogP contribution in [-0.4, -0.2) is 0 Å². The zero-order valence-corrected chi connectivity index (χ0v) is 62.5. The highest BCUT2D eigenvalue weighted by atomic mass is 14.6. The van der Waals surface area contributed by atoms with Gasteiger partial charge >= 0.3 is 0 Å². The average Bonchev–Trinajstić information content (AvgIpc) is 1.14. The maximum absolute atomic E-state index is 3.99. The fourth-order valence-corrected chi connectivity index (χ4v) is 26.1. The van der Waals surface area contributed by atoms with Gasteiger partial charge in [0.25, 0.3) is 0 Å². The van der Waals surface area contributed by atoms with Gasteiger partial charge < -0.3 is 0 Å². The minimum Gasteiger partial charge on any atom is -0.0985 e. The standard InChI is InChI=1S/2C55H44/c1-2-36-15-24-43(25-16-36)53-31-37-29-38(32-53)34-54(33-37,35-53)44-26-21-40(22-27-44)39-17-19-41(20-18-39)42-23-28-52-48(30-42)47-11-5-8-14-51(47)55(52)49-12-6-3-9-45(49)46-10-4-7-13-50(46)55;1-2-36-15-24-43(25-16-36)53-31-37-29-38(32-53)34-54(33-37,35-53)44-26-21-40(22-27-44)39-17-19-41(20-18-39)42-23-28-48-47-11-5-8-14-51(47)55(52(48)30-42)49-12-6-3-9-45(49)46-10-4-7-13-50(46)55/h2*2-28,30,37-38H,1,29,31-35H2. The number of benzene rings is 14. The summed E-state index contributed by atoms with van der Waals surface area (Å²) in [7, 11) is 0. The maximum Gasteiger partial charge on any atom is 0.0725 e. The third-order valence-corrected chi connectivity index (χ3v) is 29.7. The van der Waals surface area contributed by atoms with Crippen molar-refractivity contribution in [2.75, 3.05) is 0 Å². The van der Waals surface area contributed by atoms with Gasteiger partial charge in [-0.15, -0.1) is 0 Å². The van der Waals surface area contributed by atoms with E-state index in [1.54, 1.807) is 22.3 Å². The van der Waals surface area contributed by atoms with Crippen molar-refractivity contribution in [2.45, 2.75) is 110 Å². The Morgan fingerprint density at radius 1 is 0.209 bits per heavy atom. The molecule has 8 bridgehead atoms. The lowest BCUT2D eigenvalue weighted by atomic mass is 9.41. The molecule has 110 heavy (non-hydrogen) atoms. The summed E-state index contributed by atoms with van der Waals surface area (Å²) in [6.07, 6.45) is 20.3. The fourth-order valence-electron chi connectivity index (χ4n) is 26.1. The summed E-state index contributed by atoms with van der Waals surface area (Å²) in [5, 5.41) is 0. The molecule has 0 heterocycles. The van der Waals surface area contributed by atoms with Gasteiger partial charge in [0.15, 0.2) is 0 Å². The molecule has 8 saturated carbocycles. The van der Waals surface area contributed by atoms with Crippen molar-refractivity contribution in [2.24, 2.45) is 23.7 Å². The molecule has 0 nitrogen and oxygen atoms in total. The molecule has 12 aliphatic rings. The van der Waals surface area contributed by atoms with E-state index in [2.05, 4.69) is 341 Å². The number of hydrogen-bond donors (Lipinski definition) is 0. The zero-order chi connectivity index (χ0) is 72.7. The molecule has 0 aliphatic heterocycles. The topological polar surface area (TPSA) is 0 Å². The molecule has 0 saturated heterocycles. The first-order valence-electron chi connectivity index (χ1n) is 40.9. The molecule has 14 aromatic carbocycles. The van der Waals surface area contributed by atoms with Crippen molar-refractivity contribution in [3.05, 3.63) is 419 Å². The second kappa shape index (κ2) is 24.0. The van der Waals surface area contributed by atoms with Crippen molar-refractivity contribution < 1.29 is 0 Å². The molecule has 0 radical (unpaired) electrons. The van der Waals surface area contributed by atoms with E-state index in [-0.39, 0.29) is 10.8 Å². The van der Waals surface area contributed by atoms with Crippen LogP contribution >= 0.6 is 0 Å². The van der Waals surface area contributed by atoms with Crippen molar-refractivity contribution in [1.82, 2.24) is 0 Å². The average molecular weight is 1410 g/mol. The Labute approximate surface area is 648 Å². The highest BCUT2D eigenvalue weighted by Crippen LogP contribution is 2.70. The smallest absolute Gasteiger partial charge is 0.0725 e. The summed E-state index contributed by atoms with van der Waals surface area (Å²) >= 11 is 0. The van der Waals surface area contributed by atoms with Crippen LogP contribution in [0.25, 0.3) is 101 Å². The Balaban J connectivity index is 0.000000132. The van der Waals surface area contributed by atoms with Gasteiger partial charge in [0.2, 0.25) is 0 Å². The predicted octanol–water partition coefficient (Wildman–Crippen LogP) is 27.6. The second-order valence-electron chi connectivity index (χ2n) is 35.3. The highest BCUT2D eigenvalue weighted by molar-refractivity contribution is 5.98. The van der Waals surface area contributed by atoms with Gasteiger partial charge in [0, 0.05) is 0 Å². The molecule has 14 aromatic rings. The van der Waals surface area contributed by atoms with Gasteiger partial charge in [-0.25, -0.2) is 0 Å². The summed E-state index contributed by atoms with van der Waals surface area (Å²) in [5.74, 6) is 3.37. The summed E-state index contributed by atoms with van der Waals surface area (Å²) in [6, 6.07) is 126. The number of hydrogen-bond acceptors (Lipinski definition) is 0. The Hall–Kier alpha value is -11.4. The van der Waals surface area contributed by atoms with Crippen molar-refractivity contribution in [3.8, 4) is 89.0 Å². The Kier molecular flexibility index (Phi) is 14.1. The summed E-state index contributed by atoms with van der Waals surface area (Å²) in [6.45, 7) is 7.99. The van der Waals surface area contributed by atoms with Gasteiger partial charge in [-0.05, 0) is 301 Å². The molecule has 0 N–H and O–H groups in total. The third-order valence-electron chi connectivity index (χ3n) is 29.7. The van der Waals surface area contributed by atoms with Crippen molar-refractivity contribution in [1.29, 1.82) is 0 Å². The summed E-state index contributed by atoms with van der Waals surface area (Å²) in [5.41, 5.74) is 41.5. The quantitative estimate of drug-likeness (QED) is 0.128. The first-order chi connectivity index (χ1) is 54.1. The molecular weight excluding hydrogens is 1320 g/mol. The van der Waals surface area contributed by atoms with Crippen LogP contribution in [0.5, 0.6) is 0 Å². The van der Waals surface area contributed by atoms with Crippen LogP contribution in [0.15, 0.2) is 341 Å². The lowest BCUT2D eigenvalue weighted by Crippen LogP contribution is -2.55. The van der Waals surface area contributed by atoms with E-state index < -0.39 is 0 Å². The lowest BCUT2D eigenvalue weighted by Gasteiger charge is -2.63. The van der Waals surface area contributed by atoms with Crippen LogP contribution in [0.2, 0.25) is 0 Å². The molecule has 528 valence electrons. The molecule has 4 unspecified atom stereocenters. The molecule has 12 aliphatic carbocycles. The number of fused-ring (bicyclic) bond motifs is 20. The van der Waals surface area contributed by atoms with E-state index in [1.165, 1.54) is 222 Å². The normalized spacial score (nSPS) is 24.3. The SMILES string of the molecule is C=Cc1ccc(C23CC4CC(C2)CC(c2ccc(-c5ccc(-c6ccc7c(c6)-c6ccccc6C76c7ccccc7-c7ccccc76)cc5)cc2)(C4)C3)cc1.C=Cc1ccc(C23CC4CC(C2)CC(c2ccc(-c5ccc(-c6ccc7c(c6)C6(c8ccccc8-c8ccccc86)c6ccccc6-7)cc5)cc2)(C4)C3)cc1. The van der Waals surface area contributed by atoms with E-state index in [0.717, 1.165) is 23.7 Å². The van der Waals surface area contributed by atoms with E-state index >= 15 is 0 Å². The Morgan fingerprint density at radius 3 is 0.755 bits per heavy atom. The molecular formula is C110H88. The van der Waals surface area contributed by atoms with Crippen LogP contribution in [0.4, 0.5) is 0 Å². The van der Waals surface area contributed by atoms with Crippen LogP contribution in [-0.2, 0) is 32.5 Å². The van der Waals surface area contributed by atoms with Crippen molar-refractivity contribution in [3.63, 3.8) is 0 Å². The molecule has 4 atom stereocenters. The molecule has 26 rings (SSSR count). The first-order valence-corrected chi connectivity index (χ1v) is 40.9. The first kappa shape index (κ1) is 64.5. The van der Waals surface area contributed by atoms with Crippen LogP contribution < -0.4 is 0 Å². The largest absolute Gasteiger partial charge is 0.0985 e. The van der Waals surface area contributed by atoms with Crippen molar-refractivity contribution >= 4 is 12.2 Å². The van der Waals surface area contributed by atoms with Gasteiger partial charge in [0.1, 0.15) is 0 Å². The minimum atomic E-state index is -0.316. The molecule has 0 heteroatoms. The van der Waals surface area contributed by atoms with Gasteiger partial charge in [-0.2, -0.15) is 0 Å². The Bertz CT molecular complexity index is 5960. The van der Waals surface area contributed by atoms with E-state index in [0.29, 0.717) is 21.7 Å². The molecule has 8 fully saturated rings. The monoisotopic (exact) mass is 1410 g/mol. The molecule has 0 amide bonds. The van der Waals surface area contributed by atoms with E-state index in [4.69, 9.17) is 0 Å². The summed E-state index contributed by atoms with van der Waals surface area (Å²) in [4.78, 5) is 0. The Morgan fingerprint density at radius 2 is 0.436 bits per heavy atom. The highest BCUT2D eigenvalue weighted by Gasteiger charge is 2.61. The lowest BCUT2D eigenvalue weighted by molar-refractivity contribution is -0.0282. The zero-order valence-electron chi connectivity index (χ0n) is 62.5. The second-order valence-corrected chi connectivity index (χ2v) is 35.3. The van der Waals surface area contributed by atoms with Crippen LogP contribution in [0.3, 0.4) is 0 Å². The fraction of sp³-hybridized carbons (Fsp3) is 0.200. The minimum absolute atomic E-state index is 0.290. The third kappa shape index (κ3) is 9.26. The van der Waals surface area contributed by atoms with Crippen LogP contribution in [0, 0.1) is 23.7 Å². The predicted molar refractivity (Wildman–Crippen MR) is 456 cm³/mol. The molecule has 2 spiro atoms. The van der Waals surface area contributed by atoms with Crippen LogP contribution in [0.1, 0.15) is 155 Å². The summed E-state index contributed by atoms with van der Waals surface area (Å²) < 4.78 is 0. The number of rotatable bonds is 10. The van der Waals surface area contributed by atoms with Gasteiger partial charge in [-0.1, -0.05) is 341 Å². The maximum atomic E-state index is 3.99. The molecule has 0 aromatic heterocycles. The van der Waals surface area contributed by atoms with E-state index in [1.807, 2.05) is 12.2 Å².